The second-order valence-electron chi connectivity index (χ2n) is 5.66. The Kier molecular flexibility index (Phi) is 6.48. The van der Waals surface area contributed by atoms with Crippen molar-refractivity contribution >= 4 is 0 Å². The zero-order valence-corrected chi connectivity index (χ0v) is 11.2. The molecule has 14 heavy (non-hydrogen) atoms. The zero-order chi connectivity index (χ0) is 11.2. The van der Waals surface area contributed by atoms with Crippen LogP contribution in [0, 0.1) is 17.3 Å². The molecule has 0 heteroatoms. The summed E-state index contributed by atoms with van der Waals surface area (Å²) in [6.45, 7) is 14.3. The highest BCUT2D eigenvalue weighted by Gasteiger charge is 2.28. The van der Waals surface area contributed by atoms with E-state index in [0.29, 0.717) is 5.41 Å². The molecule has 0 nitrogen and oxygen atoms in total. The Hall–Kier alpha value is 0. The zero-order valence-electron chi connectivity index (χ0n) is 11.2. The van der Waals surface area contributed by atoms with Crippen molar-refractivity contribution in [2.45, 2.75) is 73.6 Å². The van der Waals surface area contributed by atoms with E-state index in [-0.39, 0.29) is 0 Å². The molecule has 2 atom stereocenters. The van der Waals surface area contributed by atoms with Crippen LogP contribution in [0.1, 0.15) is 73.6 Å². The van der Waals surface area contributed by atoms with Gasteiger partial charge in [-0.2, -0.15) is 0 Å². The van der Waals surface area contributed by atoms with Crippen LogP contribution in [0.15, 0.2) is 0 Å². The monoisotopic (exact) mass is 198 g/mol. The molecule has 0 aliphatic heterocycles. The highest BCUT2D eigenvalue weighted by molar-refractivity contribution is 4.79. The largest absolute Gasteiger partial charge is 0.0654 e. The third-order valence-electron chi connectivity index (χ3n) is 3.81. The first-order chi connectivity index (χ1) is 6.46. The van der Waals surface area contributed by atoms with Crippen molar-refractivity contribution in [1.29, 1.82) is 0 Å². The van der Waals surface area contributed by atoms with Crippen molar-refractivity contribution in [3.8, 4) is 0 Å². The molecule has 0 N–H and O–H groups in total. The molecule has 0 heterocycles. The van der Waals surface area contributed by atoms with Crippen LogP contribution in [0.3, 0.4) is 0 Å². The smallest absolute Gasteiger partial charge is 0.0300 e. The van der Waals surface area contributed by atoms with Gasteiger partial charge in [-0.15, -0.1) is 0 Å². The fourth-order valence-corrected chi connectivity index (χ4v) is 2.59. The SMILES string of the molecule is CCCC(C)CC(C)(CCC)C(C)C. The second-order valence-corrected chi connectivity index (χ2v) is 5.66. The van der Waals surface area contributed by atoms with Crippen LogP contribution in [0.25, 0.3) is 0 Å². The molecule has 0 amide bonds. The van der Waals surface area contributed by atoms with Crippen LogP contribution in [-0.4, -0.2) is 0 Å². The number of hydrogen-bond acceptors (Lipinski definition) is 0. The van der Waals surface area contributed by atoms with E-state index in [0.717, 1.165) is 11.8 Å². The fourth-order valence-electron chi connectivity index (χ4n) is 2.59. The van der Waals surface area contributed by atoms with E-state index < -0.39 is 0 Å². The maximum atomic E-state index is 2.48. The van der Waals surface area contributed by atoms with Gasteiger partial charge in [0.25, 0.3) is 0 Å². The lowest BCUT2D eigenvalue weighted by atomic mass is 9.69. The highest BCUT2D eigenvalue weighted by Crippen LogP contribution is 2.39. The topological polar surface area (TPSA) is 0 Å². The Morgan fingerprint density at radius 1 is 1.00 bits per heavy atom. The molecule has 0 aromatic heterocycles. The Morgan fingerprint density at radius 3 is 1.93 bits per heavy atom. The summed E-state index contributed by atoms with van der Waals surface area (Å²) in [5.41, 5.74) is 0.573. The molecule has 0 aliphatic rings. The van der Waals surface area contributed by atoms with Crippen molar-refractivity contribution in [2.24, 2.45) is 17.3 Å². The minimum absolute atomic E-state index is 0.573. The number of rotatable bonds is 7. The van der Waals surface area contributed by atoms with Crippen LogP contribution >= 0.6 is 0 Å². The van der Waals surface area contributed by atoms with Gasteiger partial charge in [-0.3, -0.25) is 0 Å². The normalized spacial score (nSPS) is 18.2. The molecule has 2 unspecified atom stereocenters. The Balaban J connectivity index is 4.21. The van der Waals surface area contributed by atoms with Gasteiger partial charge < -0.3 is 0 Å². The molecule has 0 aromatic carbocycles. The molecule has 0 rings (SSSR count). The van der Waals surface area contributed by atoms with Crippen molar-refractivity contribution in [3.05, 3.63) is 0 Å². The molecule has 0 fully saturated rings. The molecular weight excluding hydrogens is 168 g/mol. The van der Waals surface area contributed by atoms with Gasteiger partial charge in [0.05, 0.1) is 0 Å². The molecule has 0 saturated heterocycles. The third-order valence-corrected chi connectivity index (χ3v) is 3.81. The third kappa shape index (κ3) is 4.48. The average molecular weight is 198 g/mol. The summed E-state index contributed by atoms with van der Waals surface area (Å²) in [7, 11) is 0. The highest BCUT2D eigenvalue weighted by atomic mass is 14.3. The Bertz CT molecular complexity index is 137. The minimum atomic E-state index is 0.573. The molecule has 0 saturated carbocycles. The van der Waals surface area contributed by atoms with Gasteiger partial charge >= 0.3 is 0 Å². The summed E-state index contributed by atoms with van der Waals surface area (Å²) in [6.07, 6.45) is 6.85. The van der Waals surface area contributed by atoms with Crippen molar-refractivity contribution in [1.82, 2.24) is 0 Å². The Labute approximate surface area is 91.5 Å². The van der Waals surface area contributed by atoms with Crippen LogP contribution in [0.4, 0.5) is 0 Å². The first kappa shape index (κ1) is 14.0. The first-order valence-corrected chi connectivity index (χ1v) is 6.46. The molecule has 0 spiro atoms. The molecular formula is C14H30. The van der Waals surface area contributed by atoms with Crippen LogP contribution in [0.2, 0.25) is 0 Å². The molecule has 0 radical (unpaired) electrons. The van der Waals surface area contributed by atoms with E-state index in [1.807, 2.05) is 0 Å². The van der Waals surface area contributed by atoms with Crippen LogP contribution in [-0.2, 0) is 0 Å². The summed E-state index contributed by atoms with van der Waals surface area (Å²) in [4.78, 5) is 0. The molecule has 86 valence electrons. The van der Waals surface area contributed by atoms with Gasteiger partial charge in [0.2, 0.25) is 0 Å². The van der Waals surface area contributed by atoms with Gasteiger partial charge in [-0.25, -0.2) is 0 Å². The van der Waals surface area contributed by atoms with Gasteiger partial charge in [-0.1, -0.05) is 60.8 Å². The minimum Gasteiger partial charge on any atom is -0.0654 e. The maximum Gasteiger partial charge on any atom is -0.0300 e. The van der Waals surface area contributed by atoms with E-state index >= 15 is 0 Å². The van der Waals surface area contributed by atoms with Gasteiger partial charge in [0.1, 0.15) is 0 Å². The van der Waals surface area contributed by atoms with E-state index in [4.69, 9.17) is 0 Å². The Morgan fingerprint density at radius 2 is 1.57 bits per heavy atom. The summed E-state index contributed by atoms with van der Waals surface area (Å²) in [5, 5.41) is 0. The quantitative estimate of drug-likeness (QED) is 0.522. The van der Waals surface area contributed by atoms with E-state index in [1.165, 1.54) is 32.1 Å². The molecule has 0 aromatic rings. The van der Waals surface area contributed by atoms with Gasteiger partial charge in [0, 0.05) is 0 Å². The average Bonchev–Trinajstić information content (AvgIpc) is 2.04. The first-order valence-electron chi connectivity index (χ1n) is 6.46. The van der Waals surface area contributed by atoms with E-state index in [1.54, 1.807) is 0 Å². The molecule has 0 bridgehead atoms. The van der Waals surface area contributed by atoms with Crippen molar-refractivity contribution < 1.29 is 0 Å². The lowest BCUT2D eigenvalue weighted by molar-refractivity contribution is 0.147. The number of hydrogen-bond donors (Lipinski definition) is 0. The standard InChI is InChI=1S/C14H30/c1-7-9-13(5)11-14(6,10-8-2)12(3)4/h12-13H,7-11H2,1-6H3. The summed E-state index contributed by atoms with van der Waals surface area (Å²) >= 11 is 0. The summed E-state index contributed by atoms with van der Waals surface area (Å²) in [6, 6.07) is 0. The van der Waals surface area contributed by atoms with E-state index in [2.05, 4.69) is 41.5 Å². The second kappa shape index (κ2) is 6.48. The summed E-state index contributed by atoms with van der Waals surface area (Å²) < 4.78 is 0. The predicted molar refractivity (Wildman–Crippen MR) is 66.5 cm³/mol. The summed E-state index contributed by atoms with van der Waals surface area (Å²) in [5.74, 6) is 1.72. The lowest BCUT2D eigenvalue weighted by Crippen LogP contribution is -2.26. The molecule has 0 aliphatic carbocycles. The van der Waals surface area contributed by atoms with Crippen LogP contribution in [0.5, 0.6) is 0 Å². The maximum absolute atomic E-state index is 2.48. The predicted octanol–water partition coefficient (Wildman–Crippen LogP) is 5.28. The van der Waals surface area contributed by atoms with E-state index in [9.17, 15) is 0 Å². The van der Waals surface area contributed by atoms with Crippen molar-refractivity contribution in [3.63, 3.8) is 0 Å². The van der Waals surface area contributed by atoms with Gasteiger partial charge in [-0.05, 0) is 30.1 Å². The fraction of sp³-hybridized carbons (Fsp3) is 1.00. The van der Waals surface area contributed by atoms with Crippen LogP contribution < -0.4 is 0 Å². The van der Waals surface area contributed by atoms with Gasteiger partial charge in [0.15, 0.2) is 0 Å². The van der Waals surface area contributed by atoms with Crippen molar-refractivity contribution in [2.75, 3.05) is 0 Å². The lowest BCUT2D eigenvalue weighted by Gasteiger charge is -2.36.